The molecule has 2 aromatic rings. The largest absolute Gasteiger partial charge is 0.462 e. The molecule has 0 saturated heterocycles. The van der Waals surface area contributed by atoms with Crippen LogP contribution >= 0.6 is 11.6 Å². The molecule has 0 bridgehead atoms. The summed E-state index contributed by atoms with van der Waals surface area (Å²) in [7, 11) is 0. The summed E-state index contributed by atoms with van der Waals surface area (Å²) in [5.41, 5.74) is 1.42. The number of carbonyl (C=O) groups excluding carboxylic acids is 2. The number of carbonyl (C=O) groups is 2. The molecule has 0 amide bonds. The van der Waals surface area contributed by atoms with Crippen LogP contribution in [0, 0.1) is 0 Å². The Balaban J connectivity index is 2.30. The summed E-state index contributed by atoms with van der Waals surface area (Å²) in [6.45, 7) is 2.05. The number of aromatic nitrogens is 2. The zero-order chi connectivity index (χ0) is 13.8. The van der Waals surface area contributed by atoms with Gasteiger partial charge in [-0.05, 0) is 25.1 Å². The van der Waals surface area contributed by atoms with Crippen molar-refractivity contribution in [2.24, 2.45) is 0 Å². The van der Waals surface area contributed by atoms with Crippen molar-refractivity contribution < 1.29 is 14.3 Å². The van der Waals surface area contributed by atoms with Crippen molar-refractivity contribution in [2.75, 3.05) is 6.61 Å². The minimum Gasteiger partial charge on any atom is -0.462 e. The third kappa shape index (κ3) is 2.82. The van der Waals surface area contributed by atoms with Crippen molar-refractivity contribution in [1.29, 1.82) is 0 Å². The van der Waals surface area contributed by atoms with Gasteiger partial charge in [-0.1, -0.05) is 11.6 Å². The van der Waals surface area contributed by atoms with Gasteiger partial charge in [0.25, 0.3) is 0 Å². The second-order valence-corrected chi connectivity index (χ2v) is 4.12. The lowest BCUT2D eigenvalue weighted by Gasteiger charge is -2.03. The average molecular weight is 279 g/mol. The number of ether oxygens (including phenoxy) is 1. The molecule has 5 nitrogen and oxygen atoms in total. The summed E-state index contributed by atoms with van der Waals surface area (Å²) in [6.07, 6.45) is 3.64. The third-order valence-corrected chi connectivity index (χ3v) is 2.80. The molecule has 19 heavy (non-hydrogen) atoms. The van der Waals surface area contributed by atoms with Crippen LogP contribution in [-0.4, -0.2) is 28.6 Å². The van der Waals surface area contributed by atoms with Crippen molar-refractivity contribution in [2.45, 2.75) is 6.92 Å². The molecule has 0 aliphatic heterocycles. The standard InChI is InChI=1S/C13H11ClN2O3/c1-2-19-13(18)10-6-15-16(7-10)11-4-3-9(8-17)12(14)5-11/h3-8H,2H2,1H3. The van der Waals surface area contributed by atoms with Crippen LogP contribution in [0.1, 0.15) is 27.6 Å². The average Bonchev–Trinajstić information content (AvgIpc) is 2.88. The topological polar surface area (TPSA) is 61.2 Å². The Labute approximate surface area is 114 Å². The molecule has 0 fully saturated rings. The van der Waals surface area contributed by atoms with Crippen LogP contribution in [0.4, 0.5) is 0 Å². The second kappa shape index (κ2) is 5.67. The van der Waals surface area contributed by atoms with Gasteiger partial charge in [0.1, 0.15) is 0 Å². The first-order valence-corrected chi connectivity index (χ1v) is 6.00. The summed E-state index contributed by atoms with van der Waals surface area (Å²) in [4.78, 5) is 22.2. The van der Waals surface area contributed by atoms with Crippen molar-refractivity contribution in [1.82, 2.24) is 9.78 Å². The van der Waals surface area contributed by atoms with E-state index < -0.39 is 5.97 Å². The molecule has 0 aliphatic rings. The Kier molecular flexibility index (Phi) is 3.97. The first kappa shape index (κ1) is 13.3. The maximum Gasteiger partial charge on any atom is 0.341 e. The Hall–Kier alpha value is -2.14. The van der Waals surface area contributed by atoms with E-state index >= 15 is 0 Å². The second-order valence-electron chi connectivity index (χ2n) is 3.72. The van der Waals surface area contributed by atoms with Gasteiger partial charge in [0, 0.05) is 11.8 Å². The van der Waals surface area contributed by atoms with Crippen LogP contribution in [0.5, 0.6) is 0 Å². The van der Waals surface area contributed by atoms with E-state index in [0.29, 0.717) is 34.7 Å². The van der Waals surface area contributed by atoms with Crippen LogP contribution in [-0.2, 0) is 4.74 Å². The Bertz CT molecular complexity index is 622. The van der Waals surface area contributed by atoms with E-state index in [9.17, 15) is 9.59 Å². The molecular formula is C13H11ClN2O3. The van der Waals surface area contributed by atoms with Crippen molar-refractivity contribution >= 4 is 23.9 Å². The number of benzene rings is 1. The fourth-order valence-electron chi connectivity index (χ4n) is 1.54. The Morgan fingerprint density at radius 1 is 1.53 bits per heavy atom. The van der Waals surface area contributed by atoms with E-state index in [1.165, 1.54) is 10.9 Å². The monoisotopic (exact) mass is 278 g/mol. The van der Waals surface area contributed by atoms with Crippen LogP contribution < -0.4 is 0 Å². The van der Waals surface area contributed by atoms with Crippen LogP contribution in [0.3, 0.4) is 0 Å². The maximum absolute atomic E-state index is 11.5. The zero-order valence-corrected chi connectivity index (χ0v) is 10.9. The molecule has 0 atom stereocenters. The molecule has 6 heteroatoms. The van der Waals surface area contributed by atoms with Crippen molar-refractivity contribution in [3.8, 4) is 5.69 Å². The van der Waals surface area contributed by atoms with Crippen LogP contribution in [0.25, 0.3) is 5.69 Å². The Morgan fingerprint density at radius 2 is 2.32 bits per heavy atom. The van der Waals surface area contributed by atoms with Gasteiger partial charge in [0.2, 0.25) is 0 Å². The maximum atomic E-state index is 11.5. The lowest BCUT2D eigenvalue weighted by Crippen LogP contribution is -2.03. The van der Waals surface area contributed by atoms with Gasteiger partial charge in [-0.15, -0.1) is 0 Å². The van der Waals surface area contributed by atoms with E-state index in [4.69, 9.17) is 16.3 Å². The van der Waals surface area contributed by atoms with Gasteiger partial charge in [-0.2, -0.15) is 5.10 Å². The van der Waals surface area contributed by atoms with Crippen LogP contribution in [0.2, 0.25) is 5.02 Å². The highest BCUT2D eigenvalue weighted by Gasteiger charge is 2.10. The summed E-state index contributed by atoms with van der Waals surface area (Å²) in [6, 6.07) is 4.89. The summed E-state index contributed by atoms with van der Waals surface area (Å²) in [5.74, 6) is -0.427. The van der Waals surface area contributed by atoms with E-state index in [1.807, 2.05) is 0 Å². The molecule has 2 rings (SSSR count). The van der Waals surface area contributed by atoms with Crippen molar-refractivity contribution in [3.63, 3.8) is 0 Å². The highest BCUT2D eigenvalue weighted by molar-refractivity contribution is 6.33. The first-order chi connectivity index (χ1) is 9.15. The highest BCUT2D eigenvalue weighted by atomic mass is 35.5. The molecule has 0 N–H and O–H groups in total. The molecule has 0 saturated carbocycles. The van der Waals surface area contributed by atoms with Crippen molar-refractivity contribution in [3.05, 3.63) is 46.7 Å². The number of esters is 1. The van der Waals surface area contributed by atoms with E-state index in [0.717, 1.165) is 0 Å². The number of rotatable bonds is 4. The molecule has 98 valence electrons. The van der Waals surface area contributed by atoms with Gasteiger partial charge in [-0.25, -0.2) is 9.48 Å². The van der Waals surface area contributed by atoms with Gasteiger partial charge >= 0.3 is 5.97 Å². The SMILES string of the molecule is CCOC(=O)c1cnn(-c2ccc(C=O)c(Cl)c2)c1. The molecule has 1 heterocycles. The van der Waals surface area contributed by atoms with Gasteiger partial charge in [-0.3, -0.25) is 4.79 Å². The molecule has 0 aliphatic carbocycles. The van der Waals surface area contributed by atoms with Gasteiger partial charge in [0.15, 0.2) is 6.29 Å². The minimum absolute atomic E-state index is 0.309. The lowest BCUT2D eigenvalue weighted by molar-refractivity contribution is 0.0526. The quantitative estimate of drug-likeness (QED) is 0.637. The molecule has 0 unspecified atom stereocenters. The molecule has 0 radical (unpaired) electrons. The normalized spacial score (nSPS) is 10.2. The molecule has 1 aromatic carbocycles. The fourth-order valence-corrected chi connectivity index (χ4v) is 1.76. The number of halogens is 1. The van der Waals surface area contributed by atoms with E-state index in [2.05, 4.69) is 5.10 Å². The Morgan fingerprint density at radius 3 is 2.95 bits per heavy atom. The van der Waals surface area contributed by atoms with Gasteiger partial charge in [0.05, 0.1) is 29.1 Å². The summed E-state index contributed by atoms with van der Waals surface area (Å²) < 4.78 is 6.37. The predicted molar refractivity (Wildman–Crippen MR) is 69.9 cm³/mol. The molecule has 1 aromatic heterocycles. The first-order valence-electron chi connectivity index (χ1n) is 5.62. The van der Waals surface area contributed by atoms with Gasteiger partial charge < -0.3 is 4.74 Å². The number of nitrogens with zero attached hydrogens (tertiary/aromatic N) is 2. The third-order valence-electron chi connectivity index (χ3n) is 2.47. The minimum atomic E-state index is -0.427. The zero-order valence-electron chi connectivity index (χ0n) is 10.2. The predicted octanol–water partition coefficient (Wildman–Crippen LogP) is 2.51. The molecular weight excluding hydrogens is 268 g/mol. The molecule has 0 spiro atoms. The van der Waals surface area contributed by atoms with E-state index in [-0.39, 0.29) is 0 Å². The number of aldehydes is 1. The fraction of sp³-hybridized carbons (Fsp3) is 0.154. The lowest BCUT2D eigenvalue weighted by atomic mass is 10.2. The van der Waals surface area contributed by atoms with E-state index in [1.54, 1.807) is 31.3 Å². The van der Waals surface area contributed by atoms with Crippen LogP contribution in [0.15, 0.2) is 30.6 Å². The number of hydrogen-bond donors (Lipinski definition) is 0. The smallest absolute Gasteiger partial charge is 0.341 e. The number of hydrogen-bond acceptors (Lipinski definition) is 4. The summed E-state index contributed by atoms with van der Waals surface area (Å²) >= 11 is 5.93. The highest BCUT2D eigenvalue weighted by Crippen LogP contribution is 2.19. The summed E-state index contributed by atoms with van der Waals surface area (Å²) in [5, 5.41) is 4.39.